The van der Waals surface area contributed by atoms with Gasteiger partial charge in [0.25, 0.3) is 0 Å². The second-order valence-corrected chi connectivity index (χ2v) is 6.34. The molecule has 0 heterocycles. The van der Waals surface area contributed by atoms with Gasteiger partial charge in [0.05, 0.1) is 17.6 Å². The highest BCUT2D eigenvalue weighted by atomic mass is 32.2. The Morgan fingerprint density at radius 3 is 2.45 bits per heavy atom. The monoisotopic (exact) mass is 316 g/mol. The lowest BCUT2D eigenvalue weighted by Crippen LogP contribution is -2.26. The van der Waals surface area contributed by atoms with E-state index in [9.17, 15) is 8.42 Å². The Morgan fingerprint density at radius 2 is 1.82 bits per heavy atom. The molecule has 2 rings (SSSR count). The molecule has 2 aromatic rings. The van der Waals surface area contributed by atoms with Crippen LogP contribution in [0.15, 0.2) is 53.4 Å². The molecule has 0 saturated heterocycles. The number of nitriles is 1. The minimum absolute atomic E-state index is 0.00670. The zero-order valence-corrected chi connectivity index (χ0v) is 12.9. The van der Waals surface area contributed by atoms with Crippen molar-refractivity contribution >= 4 is 10.0 Å². The van der Waals surface area contributed by atoms with Crippen molar-refractivity contribution in [2.75, 3.05) is 13.7 Å². The van der Waals surface area contributed by atoms with Crippen molar-refractivity contribution in [3.63, 3.8) is 0 Å². The predicted molar refractivity (Wildman–Crippen MR) is 83.0 cm³/mol. The maximum Gasteiger partial charge on any atom is 0.241 e. The van der Waals surface area contributed by atoms with Gasteiger partial charge in [-0.25, -0.2) is 13.1 Å². The molecule has 22 heavy (non-hydrogen) atoms. The van der Waals surface area contributed by atoms with Gasteiger partial charge in [-0.05, 0) is 36.2 Å². The fourth-order valence-corrected chi connectivity index (χ4v) is 3.18. The molecule has 0 aliphatic rings. The van der Waals surface area contributed by atoms with Crippen LogP contribution in [0.2, 0.25) is 0 Å². The average molecular weight is 316 g/mol. The molecule has 0 radical (unpaired) electrons. The number of benzene rings is 2. The van der Waals surface area contributed by atoms with E-state index in [0.29, 0.717) is 6.42 Å². The maximum absolute atomic E-state index is 12.2. The summed E-state index contributed by atoms with van der Waals surface area (Å²) in [5, 5.41) is 8.98. The Balaban J connectivity index is 2.02. The lowest BCUT2D eigenvalue weighted by Gasteiger charge is -2.08. The molecule has 0 bridgehead atoms. The standard InChI is InChI=1S/C16H16N2O3S/c1-21-15-8-6-13(7-9-15)10-11-18-22(19,20)16-5-3-2-4-14(16)12-17/h2-9,18H,10-11H2,1H3. The van der Waals surface area contributed by atoms with E-state index < -0.39 is 10.0 Å². The first kappa shape index (κ1) is 16.0. The SMILES string of the molecule is COc1ccc(CCNS(=O)(=O)c2ccccc2C#N)cc1. The number of hydrogen-bond donors (Lipinski definition) is 1. The Bertz CT molecular complexity index is 778. The second kappa shape index (κ2) is 7.07. The highest BCUT2D eigenvalue weighted by Crippen LogP contribution is 2.15. The highest BCUT2D eigenvalue weighted by Gasteiger charge is 2.17. The number of nitrogens with one attached hydrogen (secondary N) is 1. The van der Waals surface area contributed by atoms with Crippen LogP contribution in [0.1, 0.15) is 11.1 Å². The second-order valence-electron chi connectivity index (χ2n) is 4.60. The van der Waals surface area contributed by atoms with Crippen molar-refractivity contribution in [1.29, 1.82) is 5.26 Å². The van der Waals surface area contributed by atoms with Crippen LogP contribution in [-0.4, -0.2) is 22.1 Å². The van der Waals surface area contributed by atoms with E-state index in [1.165, 1.54) is 12.1 Å². The lowest BCUT2D eigenvalue weighted by atomic mass is 10.1. The number of sulfonamides is 1. The van der Waals surface area contributed by atoms with E-state index in [0.717, 1.165) is 11.3 Å². The molecule has 5 nitrogen and oxygen atoms in total. The summed E-state index contributed by atoms with van der Waals surface area (Å²) in [6.45, 7) is 0.258. The van der Waals surface area contributed by atoms with Gasteiger partial charge in [0.1, 0.15) is 11.8 Å². The predicted octanol–water partition coefficient (Wildman–Crippen LogP) is 2.09. The fraction of sp³-hybridized carbons (Fsp3) is 0.188. The van der Waals surface area contributed by atoms with Gasteiger partial charge in [-0.2, -0.15) is 5.26 Å². The number of methoxy groups -OCH3 is 1. The largest absolute Gasteiger partial charge is 0.497 e. The molecule has 0 unspecified atom stereocenters. The summed E-state index contributed by atoms with van der Waals surface area (Å²) >= 11 is 0. The van der Waals surface area contributed by atoms with Gasteiger partial charge in [-0.1, -0.05) is 24.3 Å². The van der Waals surface area contributed by atoms with Crippen LogP contribution in [-0.2, 0) is 16.4 Å². The minimum atomic E-state index is -3.68. The molecule has 0 aliphatic heterocycles. The zero-order valence-electron chi connectivity index (χ0n) is 12.1. The fourth-order valence-electron chi connectivity index (χ4n) is 1.99. The first-order valence-corrected chi connectivity index (χ1v) is 8.17. The third-order valence-corrected chi connectivity index (χ3v) is 4.68. The van der Waals surface area contributed by atoms with Gasteiger partial charge in [0.2, 0.25) is 10.0 Å². The molecule has 114 valence electrons. The molecule has 2 aromatic carbocycles. The molecule has 0 fully saturated rings. The molecule has 6 heteroatoms. The van der Waals surface area contributed by atoms with Gasteiger partial charge in [0, 0.05) is 6.54 Å². The first-order chi connectivity index (χ1) is 10.6. The van der Waals surface area contributed by atoms with Crippen LogP contribution < -0.4 is 9.46 Å². The number of hydrogen-bond acceptors (Lipinski definition) is 4. The molecule has 0 aromatic heterocycles. The summed E-state index contributed by atoms with van der Waals surface area (Å²) in [4.78, 5) is 0.00670. The Hall–Kier alpha value is -2.36. The summed E-state index contributed by atoms with van der Waals surface area (Å²) in [6, 6.07) is 15.5. The summed E-state index contributed by atoms with van der Waals surface area (Å²) in [5.41, 5.74) is 1.14. The van der Waals surface area contributed by atoms with Crippen LogP contribution in [0.4, 0.5) is 0 Å². The van der Waals surface area contributed by atoms with Crippen molar-refractivity contribution < 1.29 is 13.2 Å². The quantitative estimate of drug-likeness (QED) is 0.885. The van der Waals surface area contributed by atoms with Crippen molar-refractivity contribution in [2.45, 2.75) is 11.3 Å². The smallest absolute Gasteiger partial charge is 0.241 e. The molecule has 1 N–H and O–H groups in total. The molecule has 0 saturated carbocycles. The van der Waals surface area contributed by atoms with Gasteiger partial charge in [0.15, 0.2) is 0 Å². The molecule has 0 amide bonds. The van der Waals surface area contributed by atoms with Crippen molar-refractivity contribution in [1.82, 2.24) is 4.72 Å². The van der Waals surface area contributed by atoms with Crippen LogP contribution in [0.25, 0.3) is 0 Å². The maximum atomic E-state index is 12.2. The number of rotatable bonds is 6. The summed E-state index contributed by atoms with van der Waals surface area (Å²) in [5.74, 6) is 0.757. The molecular weight excluding hydrogens is 300 g/mol. The lowest BCUT2D eigenvalue weighted by molar-refractivity contribution is 0.414. The molecule has 0 aliphatic carbocycles. The Morgan fingerprint density at radius 1 is 1.14 bits per heavy atom. The molecule has 0 atom stereocenters. The molecule has 0 spiro atoms. The van der Waals surface area contributed by atoms with Crippen LogP contribution in [0, 0.1) is 11.3 Å². The van der Waals surface area contributed by atoms with Crippen LogP contribution in [0.5, 0.6) is 5.75 Å². The Kier molecular flexibility index (Phi) is 5.15. The Labute approximate surface area is 130 Å². The molecular formula is C16H16N2O3S. The minimum Gasteiger partial charge on any atom is -0.497 e. The first-order valence-electron chi connectivity index (χ1n) is 6.68. The topological polar surface area (TPSA) is 79.2 Å². The summed E-state index contributed by atoms with van der Waals surface area (Å²) < 4.78 is 32.0. The highest BCUT2D eigenvalue weighted by molar-refractivity contribution is 7.89. The van der Waals surface area contributed by atoms with E-state index in [1.807, 2.05) is 30.3 Å². The van der Waals surface area contributed by atoms with Gasteiger partial charge < -0.3 is 4.74 Å². The van der Waals surface area contributed by atoms with E-state index in [4.69, 9.17) is 10.00 Å². The van der Waals surface area contributed by atoms with Crippen molar-refractivity contribution in [3.05, 3.63) is 59.7 Å². The van der Waals surface area contributed by atoms with Gasteiger partial charge in [-0.15, -0.1) is 0 Å². The third kappa shape index (κ3) is 3.85. The summed E-state index contributed by atoms with van der Waals surface area (Å²) in [6.07, 6.45) is 0.554. The van der Waals surface area contributed by atoms with Gasteiger partial charge >= 0.3 is 0 Å². The zero-order chi connectivity index (χ0) is 16.0. The van der Waals surface area contributed by atoms with E-state index >= 15 is 0 Å². The van der Waals surface area contributed by atoms with Crippen molar-refractivity contribution in [2.24, 2.45) is 0 Å². The van der Waals surface area contributed by atoms with Crippen LogP contribution >= 0.6 is 0 Å². The van der Waals surface area contributed by atoms with Crippen LogP contribution in [0.3, 0.4) is 0 Å². The number of ether oxygens (including phenoxy) is 1. The normalized spacial score (nSPS) is 10.9. The summed E-state index contributed by atoms with van der Waals surface area (Å²) in [7, 11) is -2.09. The van der Waals surface area contributed by atoms with E-state index in [1.54, 1.807) is 19.2 Å². The third-order valence-electron chi connectivity index (χ3n) is 3.16. The number of nitrogens with zero attached hydrogens (tertiary/aromatic N) is 1. The van der Waals surface area contributed by atoms with E-state index in [-0.39, 0.29) is 17.0 Å². The average Bonchev–Trinajstić information content (AvgIpc) is 2.55. The van der Waals surface area contributed by atoms with Crippen molar-refractivity contribution in [3.8, 4) is 11.8 Å². The van der Waals surface area contributed by atoms with Gasteiger partial charge in [-0.3, -0.25) is 0 Å². The van der Waals surface area contributed by atoms with E-state index in [2.05, 4.69) is 4.72 Å².